The highest BCUT2D eigenvalue weighted by molar-refractivity contribution is 5.99. The van der Waals surface area contributed by atoms with Crippen LogP contribution in [-0.2, 0) is 14.3 Å². The maximum absolute atomic E-state index is 12.4. The second-order valence-corrected chi connectivity index (χ2v) is 10.0. The van der Waals surface area contributed by atoms with Gasteiger partial charge in [0.15, 0.2) is 0 Å². The van der Waals surface area contributed by atoms with Crippen LogP contribution < -0.4 is 0 Å². The molecule has 0 aromatic carbocycles. The molecule has 3 nitrogen and oxygen atoms in total. The number of ketones is 1. The van der Waals surface area contributed by atoms with Gasteiger partial charge in [-0.1, -0.05) is 45.4 Å². The van der Waals surface area contributed by atoms with Crippen molar-refractivity contribution in [3.63, 3.8) is 0 Å². The van der Waals surface area contributed by atoms with Gasteiger partial charge in [0, 0.05) is 6.42 Å². The fourth-order valence-electron chi connectivity index (χ4n) is 6.56. The molecule has 3 aliphatic carbocycles. The van der Waals surface area contributed by atoms with E-state index in [0.29, 0.717) is 24.7 Å². The third kappa shape index (κ3) is 5.60. The van der Waals surface area contributed by atoms with Crippen molar-refractivity contribution in [3.05, 3.63) is 0 Å². The molecule has 3 fully saturated rings. The van der Waals surface area contributed by atoms with Gasteiger partial charge in [0.25, 0.3) is 0 Å². The number of methoxy groups -OCH3 is 1. The molecule has 0 aromatic heterocycles. The Morgan fingerprint density at radius 2 is 1.36 bits per heavy atom. The Hall–Kier alpha value is -0.860. The number of Topliss-reactive ketones (excluding diaryl/α,β-unsaturated/α-hetero) is 1. The lowest BCUT2D eigenvalue weighted by atomic mass is 9.64. The highest BCUT2D eigenvalue weighted by atomic mass is 16.5. The molecule has 0 aromatic rings. The van der Waals surface area contributed by atoms with Crippen molar-refractivity contribution in [1.29, 1.82) is 0 Å². The largest absolute Gasteiger partial charge is 0.468 e. The molecule has 0 bridgehead atoms. The number of rotatable bonds is 7. The number of esters is 1. The van der Waals surface area contributed by atoms with E-state index in [9.17, 15) is 9.59 Å². The number of ether oxygens (including phenoxy) is 1. The Balaban J connectivity index is 1.37. The van der Waals surface area contributed by atoms with Gasteiger partial charge in [0.1, 0.15) is 11.7 Å². The Labute approximate surface area is 172 Å². The summed E-state index contributed by atoms with van der Waals surface area (Å²) in [5, 5.41) is 0. The van der Waals surface area contributed by atoms with E-state index in [1.165, 1.54) is 84.2 Å². The Morgan fingerprint density at radius 1 is 0.821 bits per heavy atom. The zero-order valence-corrected chi connectivity index (χ0v) is 18.3. The molecule has 0 N–H and O–H groups in total. The summed E-state index contributed by atoms with van der Waals surface area (Å²) in [5.74, 6) is 3.48. The normalized spacial score (nSPS) is 36.9. The first-order valence-electron chi connectivity index (χ1n) is 12.2. The van der Waals surface area contributed by atoms with E-state index in [2.05, 4.69) is 6.92 Å². The van der Waals surface area contributed by atoms with Crippen molar-refractivity contribution in [2.75, 3.05) is 7.11 Å². The number of unbranched alkanes of at least 4 members (excludes halogenated alkanes) is 2. The molecule has 0 aliphatic heterocycles. The molecular formula is C25H42O3. The maximum atomic E-state index is 12.4. The average molecular weight is 391 g/mol. The van der Waals surface area contributed by atoms with Crippen LogP contribution in [0.15, 0.2) is 0 Å². The van der Waals surface area contributed by atoms with Crippen LogP contribution in [0.2, 0.25) is 0 Å². The molecule has 3 heteroatoms. The monoisotopic (exact) mass is 390 g/mol. The van der Waals surface area contributed by atoms with Crippen LogP contribution in [0.4, 0.5) is 0 Å². The molecule has 0 spiro atoms. The average Bonchev–Trinajstić information content (AvgIpc) is 2.74. The number of carbonyl (C=O) groups excluding carboxylic acids is 2. The molecular weight excluding hydrogens is 348 g/mol. The van der Waals surface area contributed by atoms with Crippen molar-refractivity contribution in [2.24, 2.45) is 35.5 Å². The van der Waals surface area contributed by atoms with Crippen LogP contribution in [0.5, 0.6) is 0 Å². The fraction of sp³-hybridized carbons (Fsp3) is 0.920. The van der Waals surface area contributed by atoms with Gasteiger partial charge in [-0.25, -0.2) is 0 Å². The van der Waals surface area contributed by atoms with Crippen LogP contribution in [0.1, 0.15) is 103 Å². The molecule has 28 heavy (non-hydrogen) atoms. The topological polar surface area (TPSA) is 43.4 Å². The summed E-state index contributed by atoms with van der Waals surface area (Å²) in [4.78, 5) is 24.1. The van der Waals surface area contributed by atoms with Gasteiger partial charge in [0.05, 0.1) is 7.11 Å². The third-order valence-corrected chi connectivity index (χ3v) is 8.42. The zero-order chi connectivity index (χ0) is 19.9. The lowest BCUT2D eigenvalue weighted by Crippen LogP contribution is -2.36. The summed E-state index contributed by atoms with van der Waals surface area (Å²) in [6.07, 6.45) is 19.3. The molecule has 3 rings (SSSR count). The third-order valence-electron chi connectivity index (χ3n) is 8.42. The molecule has 3 saturated carbocycles. The minimum absolute atomic E-state index is 0.131. The Bertz CT molecular complexity index is 498. The molecule has 0 amide bonds. The first-order valence-corrected chi connectivity index (χ1v) is 12.2. The van der Waals surface area contributed by atoms with Crippen LogP contribution >= 0.6 is 0 Å². The molecule has 160 valence electrons. The van der Waals surface area contributed by atoms with Crippen molar-refractivity contribution in [1.82, 2.24) is 0 Å². The lowest BCUT2D eigenvalue weighted by molar-refractivity contribution is -0.151. The second-order valence-electron chi connectivity index (χ2n) is 10.0. The lowest BCUT2D eigenvalue weighted by Gasteiger charge is -2.41. The van der Waals surface area contributed by atoms with Crippen LogP contribution in [0.25, 0.3) is 0 Å². The molecule has 2 atom stereocenters. The summed E-state index contributed by atoms with van der Waals surface area (Å²) in [7, 11) is 1.39. The summed E-state index contributed by atoms with van der Waals surface area (Å²) < 4.78 is 4.80. The molecule has 0 heterocycles. The van der Waals surface area contributed by atoms with Gasteiger partial charge in [0.2, 0.25) is 0 Å². The first-order chi connectivity index (χ1) is 13.6. The standard InChI is InChI=1S/C25H42O3/c1-3-4-5-6-18-7-9-19(10-8-18)20-11-13-21(14-12-20)22-15-16-23(24(26)17-22)25(27)28-2/h18-23H,3-17H2,1-2H3/t18-,19-,20-,21-,22?,23?. The SMILES string of the molecule is CCCCC[C@H]1CC[C@H]([C@H]2CC[C@H](C3CCC(C(=O)OC)C(=O)C3)CC2)CC1. The van der Waals surface area contributed by atoms with E-state index in [1.807, 2.05) is 0 Å². The van der Waals surface area contributed by atoms with Crippen LogP contribution in [0.3, 0.4) is 0 Å². The highest BCUT2D eigenvalue weighted by Gasteiger charge is 2.39. The van der Waals surface area contributed by atoms with E-state index in [-0.39, 0.29) is 11.8 Å². The fourth-order valence-corrected chi connectivity index (χ4v) is 6.56. The number of hydrogen-bond donors (Lipinski definition) is 0. The molecule has 0 radical (unpaired) electrons. The number of carbonyl (C=O) groups is 2. The predicted molar refractivity (Wildman–Crippen MR) is 113 cm³/mol. The van der Waals surface area contributed by atoms with Gasteiger partial charge in [-0.05, 0) is 81.0 Å². The zero-order valence-electron chi connectivity index (χ0n) is 18.3. The van der Waals surface area contributed by atoms with Gasteiger partial charge in [-0.15, -0.1) is 0 Å². The summed E-state index contributed by atoms with van der Waals surface area (Å²) in [6, 6.07) is 0. The van der Waals surface area contributed by atoms with Gasteiger partial charge in [-0.3, -0.25) is 9.59 Å². The smallest absolute Gasteiger partial charge is 0.316 e. The van der Waals surface area contributed by atoms with Crippen molar-refractivity contribution < 1.29 is 14.3 Å². The van der Waals surface area contributed by atoms with Gasteiger partial charge >= 0.3 is 5.97 Å². The van der Waals surface area contributed by atoms with E-state index in [0.717, 1.165) is 24.2 Å². The first kappa shape index (κ1) is 21.8. The van der Waals surface area contributed by atoms with Crippen LogP contribution in [0, 0.1) is 35.5 Å². The highest BCUT2D eigenvalue weighted by Crippen LogP contribution is 2.46. The minimum Gasteiger partial charge on any atom is -0.468 e. The van der Waals surface area contributed by atoms with Crippen LogP contribution in [-0.4, -0.2) is 18.9 Å². The summed E-state index contributed by atoms with van der Waals surface area (Å²) >= 11 is 0. The second kappa shape index (κ2) is 10.8. The molecule has 3 aliphatic rings. The quantitative estimate of drug-likeness (QED) is 0.289. The predicted octanol–water partition coefficient (Wildman–Crippen LogP) is 6.34. The van der Waals surface area contributed by atoms with E-state index < -0.39 is 5.92 Å². The number of hydrogen-bond acceptors (Lipinski definition) is 3. The minimum atomic E-state index is -0.481. The van der Waals surface area contributed by atoms with Crippen molar-refractivity contribution in [3.8, 4) is 0 Å². The molecule has 0 saturated heterocycles. The van der Waals surface area contributed by atoms with Gasteiger partial charge < -0.3 is 4.74 Å². The Morgan fingerprint density at radius 3 is 1.89 bits per heavy atom. The summed E-state index contributed by atoms with van der Waals surface area (Å²) in [5.41, 5.74) is 0. The van der Waals surface area contributed by atoms with Gasteiger partial charge in [-0.2, -0.15) is 0 Å². The Kier molecular flexibility index (Phi) is 8.41. The maximum Gasteiger partial charge on any atom is 0.316 e. The van der Waals surface area contributed by atoms with E-state index in [1.54, 1.807) is 0 Å². The van der Waals surface area contributed by atoms with Crippen molar-refractivity contribution in [2.45, 2.75) is 103 Å². The van der Waals surface area contributed by atoms with E-state index in [4.69, 9.17) is 4.74 Å². The molecule has 2 unspecified atom stereocenters. The van der Waals surface area contributed by atoms with E-state index >= 15 is 0 Å². The summed E-state index contributed by atoms with van der Waals surface area (Å²) in [6.45, 7) is 2.30. The van der Waals surface area contributed by atoms with Crippen molar-refractivity contribution >= 4 is 11.8 Å².